The minimum atomic E-state index is -0.0952. The minimum Gasteiger partial charge on any atom is -0.323 e. The van der Waals surface area contributed by atoms with Gasteiger partial charge in [0.05, 0.1) is 11.7 Å². The first kappa shape index (κ1) is 6.89. The van der Waals surface area contributed by atoms with Crippen molar-refractivity contribution in [2.24, 2.45) is 0 Å². The molecule has 0 radical (unpaired) electrons. The van der Waals surface area contributed by atoms with Crippen LogP contribution in [0.1, 0.15) is 32.6 Å². The molecule has 1 saturated heterocycles. The van der Waals surface area contributed by atoms with E-state index in [2.05, 4.69) is 17.1 Å². The predicted molar refractivity (Wildman–Crippen MR) is 44.4 cm³/mol. The molecule has 1 heterocycles. The lowest BCUT2D eigenvalue weighted by Gasteiger charge is -2.19. The van der Waals surface area contributed by atoms with E-state index in [-0.39, 0.29) is 11.7 Å². The van der Waals surface area contributed by atoms with Gasteiger partial charge in [-0.05, 0) is 32.6 Å². The highest BCUT2D eigenvalue weighted by Gasteiger charge is 2.60. The molecule has 0 aromatic heterocycles. The number of hydrogen-bond donors (Lipinski definition) is 1. The van der Waals surface area contributed by atoms with Gasteiger partial charge in [0.25, 0.3) is 0 Å². The summed E-state index contributed by atoms with van der Waals surface area (Å²) >= 11 is 0. The fourth-order valence-corrected chi connectivity index (χ4v) is 2.27. The van der Waals surface area contributed by atoms with Crippen molar-refractivity contribution in [1.29, 1.82) is 0 Å². The molecule has 0 aromatic carbocycles. The predicted octanol–water partition coefficient (Wildman–Crippen LogP) is 0.459. The Bertz CT molecular complexity index is 243. The quantitative estimate of drug-likeness (QED) is 0.613. The molecular formula is C9H14N2O. The maximum absolute atomic E-state index is 11.8. The lowest BCUT2D eigenvalue weighted by molar-refractivity contribution is -0.131. The van der Waals surface area contributed by atoms with Crippen molar-refractivity contribution in [3.63, 3.8) is 0 Å². The Labute approximate surface area is 72.1 Å². The average molecular weight is 166 g/mol. The second kappa shape index (κ2) is 1.84. The second-order valence-corrected chi connectivity index (χ2v) is 4.35. The van der Waals surface area contributed by atoms with E-state index in [0.717, 1.165) is 12.8 Å². The van der Waals surface area contributed by atoms with Crippen LogP contribution >= 0.6 is 0 Å². The van der Waals surface area contributed by atoms with Gasteiger partial charge >= 0.3 is 0 Å². The zero-order chi connectivity index (χ0) is 8.34. The Morgan fingerprint density at radius 1 is 1.50 bits per heavy atom. The zero-order valence-electron chi connectivity index (χ0n) is 7.34. The molecule has 2 saturated carbocycles. The van der Waals surface area contributed by atoms with Gasteiger partial charge in [0.1, 0.15) is 0 Å². The summed E-state index contributed by atoms with van der Waals surface area (Å²) in [5.41, 5.74) is -0.0952. The van der Waals surface area contributed by atoms with Crippen LogP contribution in [-0.4, -0.2) is 28.6 Å². The van der Waals surface area contributed by atoms with Crippen molar-refractivity contribution >= 4 is 5.91 Å². The summed E-state index contributed by atoms with van der Waals surface area (Å²) in [6.45, 7) is 2.10. The summed E-state index contributed by atoms with van der Waals surface area (Å²) < 4.78 is 0. The third-order valence-electron chi connectivity index (χ3n) is 3.24. The fraction of sp³-hybridized carbons (Fsp3) is 0.889. The van der Waals surface area contributed by atoms with Crippen LogP contribution in [0.5, 0.6) is 0 Å². The summed E-state index contributed by atoms with van der Waals surface area (Å²) in [4.78, 5) is 13.9. The highest BCUT2D eigenvalue weighted by atomic mass is 16.2. The number of carbonyl (C=O) groups excluding carboxylic acids is 1. The molecule has 66 valence electrons. The van der Waals surface area contributed by atoms with Gasteiger partial charge in [-0.25, -0.2) is 0 Å². The Balaban J connectivity index is 1.88. The molecule has 1 N–H and O–H groups in total. The monoisotopic (exact) mass is 166 g/mol. The van der Waals surface area contributed by atoms with E-state index in [9.17, 15) is 4.79 Å². The molecule has 3 heteroatoms. The second-order valence-electron chi connectivity index (χ2n) is 4.35. The molecule has 1 amide bonds. The highest BCUT2D eigenvalue weighted by Crippen LogP contribution is 2.45. The minimum absolute atomic E-state index is 0.0952. The topological polar surface area (TPSA) is 32.3 Å². The van der Waals surface area contributed by atoms with Crippen LogP contribution in [-0.2, 0) is 4.79 Å². The van der Waals surface area contributed by atoms with Crippen molar-refractivity contribution in [3.05, 3.63) is 0 Å². The Morgan fingerprint density at radius 2 is 2.17 bits per heavy atom. The first-order valence-electron chi connectivity index (χ1n) is 4.83. The summed E-state index contributed by atoms with van der Waals surface area (Å²) in [6.07, 6.45) is 4.83. The van der Waals surface area contributed by atoms with Crippen molar-refractivity contribution in [3.8, 4) is 0 Å². The first-order valence-corrected chi connectivity index (χ1v) is 4.83. The number of hydrogen-bond acceptors (Lipinski definition) is 2. The molecule has 0 aromatic rings. The molecule has 1 atom stereocenters. The van der Waals surface area contributed by atoms with E-state index in [4.69, 9.17) is 0 Å². The van der Waals surface area contributed by atoms with E-state index in [1.807, 2.05) is 0 Å². The van der Waals surface area contributed by atoms with Crippen molar-refractivity contribution in [2.45, 2.75) is 50.4 Å². The highest BCUT2D eigenvalue weighted by molar-refractivity contribution is 5.92. The molecule has 2 aliphatic carbocycles. The Hall–Kier alpha value is -0.570. The molecule has 3 aliphatic rings. The van der Waals surface area contributed by atoms with Gasteiger partial charge in [0.15, 0.2) is 0 Å². The molecule has 1 aliphatic heterocycles. The van der Waals surface area contributed by atoms with Gasteiger partial charge < -0.3 is 4.90 Å². The number of rotatable bonds is 1. The van der Waals surface area contributed by atoms with Crippen LogP contribution in [0.4, 0.5) is 0 Å². The summed E-state index contributed by atoms with van der Waals surface area (Å²) in [5.74, 6) is 0.373. The number of carbonyl (C=O) groups is 1. The van der Waals surface area contributed by atoms with Crippen molar-refractivity contribution in [2.75, 3.05) is 0 Å². The molecule has 3 rings (SSSR count). The number of amides is 1. The maximum Gasteiger partial charge on any atom is 0.244 e. The average Bonchev–Trinajstić information content (AvgIpc) is 2.81. The fourth-order valence-electron chi connectivity index (χ4n) is 2.27. The van der Waals surface area contributed by atoms with E-state index >= 15 is 0 Å². The van der Waals surface area contributed by atoms with Gasteiger partial charge in [-0.2, -0.15) is 0 Å². The lowest BCUT2D eigenvalue weighted by Crippen LogP contribution is -2.36. The lowest BCUT2D eigenvalue weighted by atomic mass is 10.3. The zero-order valence-corrected chi connectivity index (χ0v) is 7.34. The number of nitrogens with zero attached hydrogens (tertiary/aromatic N) is 1. The van der Waals surface area contributed by atoms with Gasteiger partial charge in [-0.3, -0.25) is 10.1 Å². The van der Waals surface area contributed by atoms with E-state index in [0.29, 0.717) is 11.9 Å². The van der Waals surface area contributed by atoms with Crippen LogP contribution in [0.2, 0.25) is 0 Å². The molecule has 1 unspecified atom stereocenters. The van der Waals surface area contributed by atoms with E-state index in [1.54, 1.807) is 0 Å². The summed E-state index contributed by atoms with van der Waals surface area (Å²) in [5, 5.41) is 3.40. The third-order valence-corrected chi connectivity index (χ3v) is 3.24. The molecule has 12 heavy (non-hydrogen) atoms. The van der Waals surface area contributed by atoms with Crippen LogP contribution in [0, 0.1) is 0 Å². The number of nitrogens with one attached hydrogen (secondary N) is 1. The van der Waals surface area contributed by atoms with E-state index in [1.165, 1.54) is 12.8 Å². The van der Waals surface area contributed by atoms with Gasteiger partial charge in [0, 0.05) is 6.04 Å². The summed E-state index contributed by atoms with van der Waals surface area (Å²) in [7, 11) is 0. The molecular weight excluding hydrogens is 152 g/mol. The van der Waals surface area contributed by atoms with Gasteiger partial charge in [-0.15, -0.1) is 0 Å². The SMILES string of the molecule is CC1NC2(CC2)C(=O)N1C1CC1. The molecule has 3 fully saturated rings. The normalized spacial score (nSPS) is 37.9. The van der Waals surface area contributed by atoms with Crippen molar-refractivity contribution < 1.29 is 4.79 Å². The van der Waals surface area contributed by atoms with Crippen LogP contribution in [0.15, 0.2) is 0 Å². The van der Waals surface area contributed by atoms with E-state index < -0.39 is 0 Å². The molecule has 1 spiro atoms. The maximum atomic E-state index is 11.8. The van der Waals surface area contributed by atoms with Crippen LogP contribution < -0.4 is 5.32 Å². The third kappa shape index (κ3) is 0.724. The molecule has 3 nitrogen and oxygen atoms in total. The Kier molecular flexibility index (Phi) is 1.06. The smallest absolute Gasteiger partial charge is 0.244 e. The Morgan fingerprint density at radius 3 is 2.58 bits per heavy atom. The van der Waals surface area contributed by atoms with Crippen molar-refractivity contribution in [1.82, 2.24) is 10.2 Å². The van der Waals surface area contributed by atoms with Gasteiger partial charge in [-0.1, -0.05) is 0 Å². The summed E-state index contributed by atoms with van der Waals surface area (Å²) in [6, 6.07) is 0.569. The van der Waals surface area contributed by atoms with Crippen LogP contribution in [0.25, 0.3) is 0 Å². The largest absolute Gasteiger partial charge is 0.323 e. The first-order chi connectivity index (χ1) is 5.73. The standard InChI is InChI=1S/C9H14N2O/c1-6-10-9(4-5-9)8(12)11(6)7-2-3-7/h6-7,10H,2-5H2,1H3. The molecule has 0 bridgehead atoms. The van der Waals surface area contributed by atoms with Crippen LogP contribution in [0.3, 0.4) is 0 Å². The van der Waals surface area contributed by atoms with Gasteiger partial charge in [0.2, 0.25) is 5.91 Å².